The Labute approximate surface area is 203 Å². The molecule has 1 amide bonds. The maximum absolute atomic E-state index is 14.0. The van der Waals surface area contributed by atoms with Gasteiger partial charge in [-0.05, 0) is 54.8 Å². The van der Waals surface area contributed by atoms with E-state index in [-0.39, 0.29) is 17.1 Å². The molecule has 9 heteroatoms. The fourth-order valence-corrected chi connectivity index (χ4v) is 6.28. The SMILES string of the molecule is Cc1cc(S(=O)(=O)N2c3ccccc3N(Cc3ccccc3)C(=O)C2CC(=O)O)c(C)cc1Cl. The molecule has 0 aromatic heterocycles. The van der Waals surface area contributed by atoms with Crippen LogP contribution >= 0.6 is 11.6 Å². The van der Waals surface area contributed by atoms with Crippen LogP contribution in [0, 0.1) is 13.8 Å². The normalized spacial score (nSPS) is 15.9. The molecule has 0 saturated heterocycles. The number of aliphatic carboxylic acids is 1. The molecule has 1 heterocycles. The van der Waals surface area contributed by atoms with Crippen LogP contribution in [-0.2, 0) is 26.2 Å². The monoisotopic (exact) mass is 498 g/mol. The maximum Gasteiger partial charge on any atom is 0.306 e. The number of sulfonamides is 1. The molecule has 0 spiro atoms. The summed E-state index contributed by atoms with van der Waals surface area (Å²) in [6.45, 7) is 3.48. The Morgan fingerprint density at radius 1 is 0.971 bits per heavy atom. The smallest absolute Gasteiger partial charge is 0.306 e. The zero-order valence-corrected chi connectivity index (χ0v) is 20.2. The van der Waals surface area contributed by atoms with Crippen LogP contribution in [0.4, 0.5) is 11.4 Å². The molecular weight excluding hydrogens is 476 g/mol. The molecule has 176 valence electrons. The number of hydrogen-bond acceptors (Lipinski definition) is 4. The highest BCUT2D eigenvalue weighted by atomic mass is 35.5. The van der Waals surface area contributed by atoms with Crippen molar-refractivity contribution in [3.05, 3.63) is 88.4 Å². The number of carboxylic acid groups (broad SMARTS) is 1. The quantitative estimate of drug-likeness (QED) is 0.538. The number of benzene rings is 3. The van der Waals surface area contributed by atoms with Crippen molar-refractivity contribution in [3.63, 3.8) is 0 Å². The summed E-state index contributed by atoms with van der Waals surface area (Å²) in [7, 11) is -4.31. The number of carbonyl (C=O) groups excluding carboxylic acids is 1. The zero-order chi connectivity index (χ0) is 24.6. The van der Waals surface area contributed by atoms with E-state index in [9.17, 15) is 23.1 Å². The van der Waals surface area contributed by atoms with E-state index < -0.39 is 34.4 Å². The molecule has 0 aliphatic carbocycles. The number of anilines is 2. The fraction of sp³-hybridized carbons (Fsp3) is 0.200. The molecule has 0 radical (unpaired) electrons. The Bertz CT molecular complexity index is 1380. The number of aryl methyl sites for hydroxylation is 2. The zero-order valence-electron chi connectivity index (χ0n) is 18.6. The number of rotatable bonds is 6. The average molecular weight is 499 g/mol. The molecule has 1 aliphatic rings. The van der Waals surface area contributed by atoms with Crippen LogP contribution in [0.25, 0.3) is 0 Å². The van der Waals surface area contributed by atoms with Crippen LogP contribution in [0.1, 0.15) is 23.1 Å². The number of carboxylic acids is 1. The maximum atomic E-state index is 14.0. The van der Waals surface area contributed by atoms with Crippen molar-refractivity contribution >= 4 is 44.9 Å². The first kappa shape index (κ1) is 23.8. The predicted octanol–water partition coefficient (Wildman–Crippen LogP) is 4.54. The minimum Gasteiger partial charge on any atom is -0.481 e. The molecule has 34 heavy (non-hydrogen) atoms. The van der Waals surface area contributed by atoms with E-state index in [0.29, 0.717) is 21.8 Å². The van der Waals surface area contributed by atoms with Gasteiger partial charge in [-0.15, -0.1) is 0 Å². The summed E-state index contributed by atoms with van der Waals surface area (Å²) in [5, 5.41) is 10.0. The van der Waals surface area contributed by atoms with Crippen LogP contribution in [-0.4, -0.2) is 31.4 Å². The molecule has 1 unspecified atom stereocenters. The van der Waals surface area contributed by atoms with E-state index in [0.717, 1.165) is 9.87 Å². The molecule has 1 aliphatic heterocycles. The first-order chi connectivity index (χ1) is 16.1. The van der Waals surface area contributed by atoms with Crippen molar-refractivity contribution in [2.45, 2.75) is 37.8 Å². The standard InChI is InChI=1S/C25H23ClN2O5S/c1-16-13-23(17(2)12-19(16)26)34(32,33)28-21-11-7-6-10-20(21)27(15-18-8-4-3-5-9-18)25(31)22(28)14-24(29)30/h3-13,22H,14-15H2,1-2H3,(H,29,30). The molecule has 1 atom stereocenters. The summed E-state index contributed by atoms with van der Waals surface area (Å²) in [5.74, 6) is -1.88. The lowest BCUT2D eigenvalue weighted by atomic mass is 10.0. The first-order valence-electron chi connectivity index (χ1n) is 10.6. The van der Waals surface area contributed by atoms with Crippen LogP contribution in [0.15, 0.2) is 71.6 Å². The van der Waals surface area contributed by atoms with Crippen molar-refractivity contribution in [2.24, 2.45) is 0 Å². The second kappa shape index (κ2) is 9.12. The number of hydrogen-bond donors (Lipinski definition) is 1. The van der Waals surface area contributed by atoms with E-state index >= 15 is 0 Å². The Morgan fingerprint density at radius 3 is 2.24 bits per heavy atom. The van der Waals surface area contributed by atoms with Gasteiger partial charge in [-0.2, -0.15) is 0 Å². The minimum atomic E-state index is -4.31. The highest BCUT2D eigenvalue weighted by molar-refractivity contribution is 7.93. The molecule has 0 fully saturated rings. The first-order valence-corrected chi connectivity index (χ1v) is 12.4. The molecule has 1 N–H and O–H groups in total. The van der Waals surface area contributed by atoms with Crippen LogP contribution in [0.2, 0.25) is 5.02 Å². The van der Waals surface area contributed by atoms with E-state index in [2.05, 4.69) is 0 Å². The van der Waals surface area contributed by atoms with Gasteiger partial charge in [-0.1, -0.05) is 54.1 Å². The van der Waals surface area contributed by atoms with Gasteiger partial charge in [0.15, 0.2) is 0 Å². The molecular formula is C25H23ClN2O5S. The second-order valence-corrected chi connectivity index (χ2v) is 10.4. The largest absolute Gasteiger partial charge is 0.481 e. The van der Waals surface area contributed by atoms with E-state index in [1.807, 2.05) is 30.3 Å². The third kappa shape index (κ3) is 4.26. The molecule has 0 saturated carbocycles. The highest BCUT2D eigenvalue weighted by Gasteiger charge is 2.45. The third-order valence-corrected chi connectivity index (χ3v) is 8.16. The molecule has 0 bridgehead atoms. The molecule has 3 aromatic carbocycles. The predicted molar refractivity (Wildman–Crippen MR) is 131 cm³/mol. The van der Waals surface area contributed by atoms with Crippen molar-refractivity contribution in [2.75, 3.05) is 9.21 Å². The summed E-state index contributed by atoms with van der Waals surface area (Å²) < 4.78 is 28.9. The van der Waals surface area contributed by atoms with Gasteiger partial charge in [-0.25, -0.2) is 8.42 Å². The van der Waals surface area contributed by atoms with Crippen molar-refractivity contribution in [3.8, 4) is 0 Å². The van der Waals surface area contributed by atoms with Crippen LogP contribution in [0.5, 0.6) is 0 Å². The van der Waals surface area contributed by atoms with Gasteiger partial charge in [0.25, 0.3) is 15.9 Å². The Morgan fingerprint density at radius 2 is 1.59 bits per heavy atom. The van der Waals surface area contributed by atoms with E-state index in [4.69, 9.17) is 11.6 Å². The summed E-state index contributed by atoms with van der Waals surface area (Å²) >= 11 is 6.17. The van der Waals surface area contributed by atoms with Crippen LogP contribution < -0.4 is 9.21 Å². The van der Waals surface area contributed by atoms with E-state index in [1.54, 1.807) is 44.2 Å². The highest BCUT2D eigenvalue weighted by Crippen LogP contribution is 2.42. The van der Waals surface area contributed by atoms with Gasteiger partial charge < -0.3 is 10.0 Å². The molecule has 7 nitrogen and oxygen atoms in total. The second-order valence-electron chi connectivity index (χ2n) is 8.18. The van der Waals surface area contributed by atoms with Gasteiger partial charge >= 0.3 is 5.97 Å². The minimum absolute atomic E-state index is 0.0242. The summed E-state index contributed by atoms with van der Waals surface area (Å²) in [5.41, 5.74) is 2.44. The van der Waals surface area contributed by atoms with Gasteiger partial charge in [0.2, 0.25) is 0 Å². The number of carbonyl (C=O) groups is 2. The summed E-state index contributed by atoms with van der Waals surface area (Å²) in [6.07, 6.45) is -0.677. The molecule has 4 rings (SSSR count). The Kier molecular flexibility index (Phi) is 6.38. The van der Waals surface area contributed by atoms with Crippen molar-refractivity contribution in [1.29, 1.82) is 0 Å². The van der Waals surface area contributed by atoms with Gasteiger partial charge in [0.05, 0.1) is 29.2 Å². The Balaban J connectivity index is 1.91. The summed E-state index contributed by atoms with van der Waals surface area (Å²) in [6, 6.07) is 17.4. The number of amides is 1. The lowest BCUT2D eigenvalue weighted by Gasteiger charge is -2.41. The Hall–Kier alpha value is -3.36. The van der Waals surface area contributed by atoms with Gasteiger partial charge in [-0.3, -0.25) is 13.9 Å². The number of halogens is 1. The topological polar surface area (TPSA) is 95.0 Å². The lowest BCUT2D eigenvalue weighted by Crippen LogP contribution is -2.56. The average Bonchev–Trinajstić information content (AvgIpc) is 2.79. The van der Waals surface area contributed by atoms with Gasteiger partial charge in [0, 0.05) is 5.02 Å². The van der Waals surface area contributed by atoms with Gasteiger partial charge in [0.1, 0.15) is 6.04 Å². The third-order valence-electron chi connectivity index (χ3n) is 5.79. The van der Waals surface area contributed by atoms with Crippen molar-refractivity contribution < 1.29 is 23.1 Å². The lowest BCUT2D eigenvalue weighted by molar-refractivity contribution is -0.139. The van der Waals surface area contributed by atoms with Crippen molar-refractivity contribution in [1.82, 2.24) is 0 Å². The number of fused-ring (bicyclic) bond motifs is 1. The fourth-order valence-electron chi connectivity index (χ4n) is 4.15. The number of para-hydroxylation sites is 2. The summed E-state index contributed by atoms with van der Waals surface area (Å²) in [4.78, 5) is 26.8. The van der Waals surface area contributed by atoms with Crippen LogP contribution in [0.3, 0.4) is 0 Å². The number of nitrogens with zero attached hydrogens (tertiary/aromatic N) is 2. The van der Waals surface area contributed by atoms with E-state index in [1.165, 1.54) is 11.0 Å². The molecule has 3 aromatic rings.